The topological polar surface area (TPSA) is 269 Å². The van der Waals surface area contributed by atoms with Crippen LogP contribution in [0.1, 0.15) is 0 Å². The molecule has 0 aliphatic carbocycles. The zero-order valence-corrected chi connectivity index (χ0v) is 22.1. The normalized spacial score (nSPS) is 33.0. The Labute approximate surface area is 241 Å². The number of phenols is 3. The van der Waals surface area contributed by atoms with Gasteiger partial charge >= 0.3 is 0 Å². The van der Waals surface area contributed by atoms with E-state index < -0.39 is 103 Å². The molecule has 2 fully saturated rings. The van der Waals surface area contributed by atoms with Crippen molar-refractivity contribution in [1.82, 2.24) is 0 Å². The maximum absolute atomic E-state index is 13.6. The lowest BCUT2D eigenvalue weighted by molar-refractivity contribution is -0.323. The molecule has 10 N–H and O–H groups in total. The first-order chi connectivity index (χ1) is 20.4. The van der Waals surface area contributed by atoms with E-state index in [1.54, 1.807) is 0 Å². The molecule has 16 nitrogen and oxygen atoms in total. The summed E-state index contributed by atoms with van der Waals surface area (Å²) in [6.07, 6.45) is -17.1. The molecule has 0 amide bonds. The highest BCUT2D eigenvalue weighted by Gasteiger charge is 2.48. The van der Waals surface area contributed by atoms with Crippen LogP contribution >= 0.6 is 0 Å². The van der Waals surface area contributed by atoms with Gasteiger partial charge in [-0.1, -0.05) is 0 Å². The molecule has 3 heterocycles. The van der Waals surface area contributed by atoms with Gasteiger partial charge in [-0.05, 0) is 24.3 Å². The van der Waals surface area contributed by atoms with Crippen LogP contribution in [0.2, 0.25) is 0 Å². The fraction of sp³-hybridized carbons (Fsp3) is 0.444. The lowest BCUT2D eigenvalue weighted by Gasteiger charge is -2.42. The van der Waals surface area contributed by atoms with Crippen molar-refractivity contribution in [3.63, 3.8) is 0 Å². The van der Waals surface area contributed by atoms with Gasteiger partial charge in [0.25, 0.3) is 0 Å². The fourth-order valence-electron chi connectivity index (χ4n) is 4.84. The van der Waals surface area contributed by atoms with Crippen molar-refractivity contribution in [2.75, 3.05) is 13.2 Å². The maximum atomic E-state index is 13.6. The quantitative estimate of drug-likeness (QED) is 0.133. The van der Waals surface area contributed by atoms with Gasteiger partial charge in [-0.15, -0.1) is 0 Å². The van der Waals surface area contributed by atoms with Crippen molar-refractivity contribution in [1.29, 1.82) is 0 Å². The van der Waals surface area contributed by atoms with Crippen LogP contribution in [-0.4, -0.2) is 126 Å². The number of fused-ring (bicyclic) bond motifs is 1. The van der Waals surface area contributed by atoms with Gasteiger partial charge in [0.05, 0.1) is 13.2 Å². The molecule has 5 rings (SSSR count). The van der Waals surface area contributed by atoms with Gasteiger partial charge in [-0.2, -0.15) is 0 Å². The number of ether oxygens (including phenoxy) is 4. The van der Waals surface area contributed by atoms with Crippen LogP contribution in [0.15, 0.2) is 45.6 Å². The summed E-state index contributed by atoms with van der Waals surface area (Å²) >= 11 is 0. The second kappa shape index (κ2) is 12.2. The van der Waals surface area contributed by atoms with E-state index in [1.165, 1.54) is 24.3 Å². The van der Waals surface area contributed by atoms with Crippen LogP contribution in [0, 0.1) is 0 Å². The monoisotopic (exact) mass is 610 g/mol. The molecule has 16 heteroatoms. The number of aromatic hydroxyl groups is 3. The lowest BCUT2D eigenvalue weighted by Crippen LogP contribution is -2.62. The average Bonchev–Trinajstić information content (AvgIpc) is 2.97. The van der Waals surface area contributed by atoms with Crippen molar-refractivity contribution in [3.8, 4) is 34.3 Å². The van der Waals surface area contributed by atoms with Gasteiger partial charge in [0, 0.05) is 17.7 Å². The minimum Gasteiger partial charge on any atom is -0.508 e. The van der Waals surface area contributed by atoms with Crippen LogP contribution in [0.3, 0.4) is 0 Å². The molecule has 3 aromatic rings. The molecule has 234 valence electrons. The smallest absolute Gasteiger partial charge is 0.239 e. The molecule has 10 atom stereocenters. The fourth-order valence-corrected chi connectivity index (χ4v) is 4.84. The number of phenolic OH excluding ortho intramolecular Hbond substituents is 3. The van der Waals surface area contributed by atoms with E-state index in [0.717, 1.165) is 12.1 Å². The van der Waals surface area contributed by atoms with Crippen molar-refractivity contribution in [2.45, 2.75) is 61.4 Å². The summed E-state index contributed by atoms with van der Waals surface area (Å²) in [7, 11) is 0. The zero-order chi connectivity index (χ0) is 31.2. The number of aliphatic hydroxyl groups is 7. The predicted molar refractivity (Wildman–Crippen MR) is 140 cm³/mol. The Morgan fingerprint density at radius 1 is 0.721 bits per heavy atom. The van der Waals surface area contributed by atoms with Gasteiger partial charge < -0.3 is 74.4 Å². The predicted octanol–water partition coefficient (Wildman–Crippen LogP) is -2.42. The van der Waals surface area contributed by atoms with Crippen LogP contribution in [0.4, 0.5) is 0 Å². The van der Waals surface area contributed by atoms with Crippen molar-refractivity contribution in [2.24, 2.45) is 0 Å². The van der Waals surface area contributed by atoms with Gasteiger partial charge in [-0.25, -0.2) is 0 Å². The number of aliphatic hydroxyl groups excluding tert-OH is 7. The number of rotatable bonds is 7. The Kier molecular flexibility index (Phi) is 8.77. The first-order valence-electron chi connectivity index (χ1n) is 13.0. The van der Waals surface area contributed by atoms with Gasteiger partial charge in [-0.3, -0.25) is 4.79 Å². The third kappa shape index (κ3) is 5.85. The second-order valence-electron chi connectivity index (χ2n) is 10.1. The zero-order valence-electron chi connectivity index (χ0n) is 22.1. The van der Waals surface area contributed by atoms with Crippen molar-refractivity contribution < 1.29 is 74.4 Å². The molecule has 43 heavy (non-hydrogen) atoms. The van der Waals surface area contributed by atoms with E-state index in [-0.39, 0.29) is 22.7 Å². The van der Waals surface area contributed by atoms with E-state index in [9.17, 15) is 55.9 Å². The summed E-state index contributed by atoms with van der Waals surface area (Å²) in [4.78, 5) is 13.6. The Hall–Kier alpha value is -3.55. The first-order valence-corrected chi connectivity index (χ1v) is 13.0. The largest absolute Gasteiger partial charge is 0.508 e. The molecule has 0 unspecified atom stereocenters. The van der Waals surface area contributed by atoms with Crippen LogP contribution in [0.5, 0.6) is 23.0 Å². The molecule has 2 saturated heterocycles. The van der Waals surface area contributed by atoms with Gasteiger partial charge in [0.2, 0.25) is 17.5 Å². The third-order valence-corrected chi connectivity index (χ3v) is 7.22. The SMILES string of the molecule is O=c1c(O[C@@H]2O[C@@H](CO[C@@H]3O[C@@H](CO)[C@H](O)[C@@H](O)[C@@H]3O)[C@H](O)[C@@H](O)[C@@H]2O)c(-c2ccc(O)cc2)oc2cc(O)cc(O)c12. The van der Waals surface area contributed by atoms with E-state index in [1.807, 2.05) is 0 Å². The minimum absolute atomic E-state index is 0.116. The first kappa shape index (κ1) is 30.9. The summed E-state index contributed by atoms with van der Waals surface area (Å²) in [5, 5.41) is 101. The van der Waals surface area contributed by atoms with Crippen molar-refractivity contribution in [3.05, 3.63) is 46.6 Å². The Bertz CT molecular complexity index is 1490. The van der Waals surface area contributed by atoms with Crippen LogP contribution in [0.25, 0.3) is 22.3 Å². The molecule has 0 radical (unpaired) electrons. The van der Waals surface area contributed by atoms with Gasteiger partial charge in [0.15, 0.2) is 12.1 Å². The maximum Gasteiger partial charge on any atom is 0.239 e. The molecule has 0 saturated carbocycles. The Morgan fingerprint density at radius 3 is 1.98 bits per heavy atom. The van der Waals surface area contributed by atoms with E-state index in [2.05, 4.69) is 0 Å². The summed E-state index contributed by atoms with van der Waals surface area (Å²) in [5.74, 6) is -2.07. The number of hydrogen-bond acceptors (Lipinski definition) is 16. The average molecular weight is 611 g/mol. The summed E-state index contributed by atoms with van der Waals surface area (Å²) in [6.45, 7) is -1.37. The molecule has 2 aliphatic heterocycles. The summed E-state index contributed by atoms with van der Waals surface area (Å²) in [5.41, 5.74) is -1.01. The molecule has 2 aliphatic rings. The Morgan fingerprint density at radius 2 is 1.33 bits per heavy atom. The van der Waals surface area contributed by atoms with Crippen LogP contribution in [-0.2, 0) is 14.2 Å². The molecule has 0 spiro atoms. The highest BCUT2D eigenvalue weighted by atomic mass is 16.7. The highest BCUT2D eigenvalue weighted by Crippen LogP contribution is 2.37. The number of benzene rings is 2. The molecule has 1 aromatic heterocycles. The standard InChI is InChI=1S/C27H30O16/c28-7-14-17(32)20(35)22(37)26(41-14)39-8-15-18(33)21(36)23(38)27(42-15)43-25-19(34)16-12(31)5-11(30)6-13(16)40-24(25)9-1-3-10(29)4-2-9/h1-6,14-15,17-18,20-23,26-33,35-38H,7-8H2/t14-,15-,17-,18-,20+,21+,22-,23-,26+,27-/m0/s1. The summed E-state index contributed by atoms with van der Waals surface area (Å²) < 4.78 is 27.8. The van der Waals surface area contributed by atoms with Crippen molar-refractivity contribution >= 4 is 11.0 Å². The number of hydrogen-bond donors (Lipinski definition) is 10. The molecular formula is C27H30O16. The van der Waals surface area contributed by atoms with E-state index in [0.29, 0.717) is 0 Å². The molecular weight excluding hydrogens is 580 g/mol. The Balaban J connectivity index is 1.45. The third-order valence-electron chi connectivity index (χ3n) is 7.22. The molecule has 2 aromatic carbocycles. The van der Waals surface area contributed by atoms with Gasteiger partial charge in [0.1, 0.15) is 77.0 Å². The van der Waals surface area contributed by atoms with E-state index in [4.69, 9.17) is 23.4 Å². The second-order valence-corrected chi connectivity index (χ2v) is 10.1. The minimum atomic E-state index is -1.95. The molecule has 0 bridgehead atoms. The highest BCUT2D eigenvalue weighted by molar-refractivity contribution is 5.88. The van der Waals surface area contributed by atoms with E-state index >= 15 is 0 Å². The van der Waals surface area contributed by atoms with Crippen LogP contribution < -0.4 is 10.2 Å². The summed E-state index contributed by atoms with van der Waals surface area (Å²) in [6, 6.07) is 7.25. The lowest BCUT2D eigenvalue weighted by atomic mass is 9.98.